The Labute approximate surface area is 161 Å². The van der Waals surface area contributed by atoms with Crippen LogP contribution in [0.1, 0.15) is 0 Å². The number of fused-ring (bicyclic) bond motifs is 1. The minimum absolute atomic E-state index is 0.00469. The van der Waals surface area contributed by atoms with E-state index in [1.54, 1.807) is 24.3 Å². The van der Waals surface area contributed by atoms with Crippen LogP contribution in [-0.2, 0) is 0 Å². The smallest absolute Gasteiger partial charge is 0.341 e. The van der Waals surface area contributed by atoms with Gasteiger partial charge in [-0.3, -0.25) is 0 Å². The lowest BCUT2D eigenvalue weighted by atomic mass is 10.1. The Bertz CT molecular complexity index is 1230. The third kappa shape index (κ3) is 3.12. The van der Waals surface area contributed by atoms with Gasteiger partial charge in [-0.05, 0) is 18.2 Å². The first-order chi connectivity index (χ1) is 13.4. The van der Waals surface area contributed by atoms with E-state index in [2.05, 4.69) is 21.3 Å². The third-order valence-corrected chi connectivity index (χ3v) is 4.09. The second-order valence-electron chi connectivity index (χ2n) is 5.57. The van der Waals surface area contributed by atoms with Crippen molar-refractivity contribution in [2.24, 2.45) is 5.73 Å². The van der Waals surface area contributed by atoms with Crippen molar-refractivity contribution in [1.82, 2.24) is 19.7 Å². The van der Waals surface area contributed by atoms with E-state index in [-0.39, 0.29) is 22.8 Å². The number of amides is 1. The fraction of sp³-hybridized carbons (Fsp3) is 0. The first-order valence-electron chi connectivity index (χ1n) is 7.80. The molecule has 2 aromatic carbocycles. The molecule has 28 heavy (non-hydrogen) atoms. The number of carbonyl (C=O) groups is 1. The number of carbonyl (C=O) groups excluding carboxylic acids is 1. The van der Waals surface area contributed by atoms with E-state index in [1.165, 1.54) is 0 Å². The van der Waals surface area contributed by atoms with Crippen LogP contribution in [0.5, 0.6) is 11.8 Å². The van der Waals surface area contributed by atoms with Gasteiger partial charge in [0.05, 0.1) is 10.4 Å². The van der Waals surface area contributed by atoms with Crippen molar-refractivity contribution in [3.05, 3.63) is 65.3 Å². The minimum Gasteiger partial charge on any atom is -0.421 e. The molecule has 0 aliphatic carbocycles. The molecule has 0 aliphatic rings. The number of hydrogen-bond donors (Lipinski definition) is 1. The molecule has 0 saturated heterocycles. The monoisotopic (exact) mass is 400 g/mol. The molecule has 0 atom stereocenters. The summed E-state index contributed by atoms with van der Waals surface area (Å²) >= 11 is 6.20. The Kier molecular flexibility index (Phi) is 4.36. The summed E-state index contributed by atoms with van der Waals surface area (Å²) in [6.45, 7) is 0. The van der Waals surface area contributed by atoms with E-state index in [4.69, 9.17) is 22.1 Å². The van der Waals surface area contributed by atoms with Crippen molar-refractivity contribution < 1.29 is 18.3 Å². The number of ether oxygens (including phenoxy) is 1. The van der Waals surface area contributed by atoms with Gasteiger partial charge in [0.15, 0.2) is 17.2 Å². The van der Waals surface area contributed by atoms with E-state index in [1.807, 2.05) is 0 Å². The van der Waals surface area contributed by atoms with Gasteiger partial charge in [-0.25, -0.2) is 13.6 Å². The maximum Gasteiger partial charge on any atom is 0.341 e. The Morgan fingerprint density at radius 2 is 2.00 bits per heavy atom. The quantitative estimate of drug-likeness (QED) is 0.562. The van der Waals surface area contributed by atoms with Crippen LogP contribution < -0.4 is 10.5 Å². The van der Waals surface area contributed by atoms with Crippen LogP contribution in [0.2, 0.25) is 5.02 Å². The average Bonchev–Trinajstić information content (AvgIpc) is 3.03. The zero-order valence-corrected chi connectivity index (χ0v) is 14.6. The zero-order valence-electron chi connectivity index (χ0n) is 13.9. The van der Waals surface area contributed by atoms with Gasteiger partial charge < -0.3 is 10.5 Å². The normalized spacial score (nSPS) is 11.0. The summed E-state index contributed by atoms with van der Waals surface area (Å²) in [4.78, 5) is 19.7. The van der Waals surface area contributed by atoms with Gasteiger partial charge in [-0.15, -0.1) is 0 Å². The molecule has 0 fully saturated rings. The first kappa shape index (κ1) is 17.8. The molecule has 0 saturated carbocycles. The fourth-order valence-electron chi connectivity index (χ4n) is 2.53. The van der Waals surface area contributed by atoms with E-state index in [9.17, 15) is 13.6 Å². The zero-order chi connectivity index (χ0) is 19.8. The molecule has 2 heterocycles. The lowest BCUT2D eigenvalue weighted by Gasteiger charge is -2.05. The predicted octanol–water partition coefficient (Wildman–Crippen LogP) is 3.94. The van der Waals surface area contributed by atoms with Crippen LogP contribution in [0.15, 0.2) is 42.5 Å². The summed E-state index contributed by atoms with van der Waals surface area (Å²) in [5, 5.41) is 4.79. The molecule has 2 aromatic heterocycles. The van der Waals surface area contributed by atoms with Gasteiger partial charge in [0, 0.05) is 11.6 Å². The average molecular weight is 401 g/mol. The van der Waals surface area contributed by atoms with E-state index in [0.717, 1.165) is 16.8 Å². The molecule has 139 valence electrons. The Balaban J connectivity index is 1.84. The second kappa shape index (κ2) is 6.86. The number of benzene rings is 2. The summed E-state index contributed by atoms with van der Waals surface area (Å²) in [6, 6.07) is 8.35. The van der Waals surface area contributed by atoms with Crippen molar-refractivity contribution in [3.63, 3.8) is 0 Å². The third-order valence-electron chi connectivity index (χ3n) is 3.76. The lowest BCUT2D eigenvalue weighted by Crippen LogP contribution is -2.21. The van der Waals surface area contributed by atoms with Crippen molar-refractivity contribution >= 4 is 28.7 Å². The molecule has 7 nitrogen and oxygen atoms in total. The van der Waals surface area contributed by atoms with E-state index in [0.29, 0.717) is 22.3 Å². The van der Waals surface area contributed by atoms with Crippen LogP contribution in [0, 0.1) is 17.8 Å². The largest absolute Gasteiger partial charge is 0.421 e. The van der Waals surface area contributed by atoms with E-state index >= 15 is 0 Å². The summed E-state index contributed by atoms with van der Waals surface area (Å²) in [7, 11) is 0. The van der Waals surface area contributed by atoms with Gasteiger partial charge in [-0.1, -0.05) is 29.8 Å². The van der Waals surface area contributed by atoms with Crippen molar-refractivity contribution in [1.29, 1.82) is 0 Å². The Morgan fingerprint density at radius 3 is 2.71 bits per heavy atom. The van der Waals surface area contributed by atoms with Crippen molar-refractivity contribution in [2.75, 3.05) is 0 Å². The fourth-order valence-corrected chi connectivity index (χ4v) is 2.76. The SMILES string of the molecule is NC(=O)n1nc(-c2ccccc2Cl)c2[c]nc(Oc3ccc(F)cc3F)nc21. The van der Waals surface area contributed by atoms with Crippen LogP contribution in [-0.4, -0.2) is 25.8 Å². The van der Waals surface area contributed by atoms with Crippen LogP contribution in [0.3, 0.4) is 0 Å². The highest BCUT2D eigenvalue weighted by atomic mass is 35.5. The molecule has 10 heteroatoms. The summed E-state index contributed by atoms with van der Waals surface area (Å²) in [5.74, 6) is -2.00. The Morgan fingerprint density at radius 1 is 1.21 bits per heavy atom. The molecule has 1 amide bonds. The first-order valence-corrected chi connectivity index (χ1v) is 8.18. The standard InChI is InChI=1S/C18H9ClF2N5O2/c19-12-4-2-1-3-10(12)15-11-8-23-18(24-16(11)26(25-15)17(22)27)28-14-6-5-9(20)7-13(14)21/h1-7H,(H2,22,27). The number of aromatic nitrogens is 4. The van der Waals surface area contributed by atoms with Gasteiger partial charge >= 0.3 is 12.0 Å². The van der Waals surface area contributed by atoms with Crippen LogP contribution in [0.4, 0.5) is 13.6 Å². The number of halogens is 3. The highest BCUT2D eigenvalue weighted by molar-refractivity contribution is 6.33. The highest BCUT2D eigenvalue weighted by Crippen LogP contribution is 2.32. The summed E-state index contributed by atoms with van der Waals surface area (Å²) < 4.78 is 32.9. The number of nitrogens with two attached hydrogens (primary N) is 1. The number of rotatable bonds is 3. The number of nitrogens with zero attached hydrogens (tertiary/aromatic N) is 4. The van der Waals surface area contributed by atoms with Crippen LogP contribution >= 0.6 is 11.6 Å². The molecule has 0 aliphatic heterocycles. The molecular formula is C18H9ClF2N5O2. The molecule has 0 bridgehead atoms. The summed E-state index contributed by atoms with van der Waals surface area (Å²) in [6.07, 6.45) is 2.66. The van der Waals surface area contributed by atoms with Crippen LogP contribution in [0.25, 0.3) is 22.3 Å². The van der Waals surface area contributed by atoms with Crippen molar-refractivity contribution in [3.8, 4) is 23.0 Å². The number of primary amides is 1. The molecular weight excluding hydrogens is 392 g/mol. The molecule has 4 aromatic rings. The van der Waals surface area contributed by atoms with Gasteiger partial charge in [0.1, 0.15) is 17.7 Å². The van der Waals surface area contributed by atoms with Gasteiger partial charge in [0.25, 0.3) is 0 Å². The van der Waals surface area contributed by atoms with E-state index < -0.39 is 17.7 Å². The summed E-state index contributed by atoms with van der Waals surface area (Å²) in [5.41, 5.74) is 6.17. The molecule has 4 rings (SSSR count). The maximum atomic E-state index is 13.8. The van der Waals surface area contributed by atoms with Gasteiger partial charge in [0.2, 0.25) is 0 Å². The molecule has 1 radical (unpaired) electrons. The molecule has 2 N–H and O–H groups in total. The maximum absolute atomic E-state index is 13.8. The topological polar surface area (TPSA) is 95.9 Å². The molecule has 0 spiro atoms. The Hall–Kier alpha value is -3.59. The second-order valence-corrected chi connectivity index (χ2v) is 5.98. The number of hydrogen-bond acceptors (Lipinski definition) is 5. The predicted molar refractivity (Wildman–Crippen MR) is 96.0 cm³/mol. The van der Waals surface area contributed by atoms with Crippen molar-refractivity contribution in [2.45, 2.75) is 0 Å². The minimum atomic E-state index is -0.941. The molecule has 0 unspecified atom stereocenters. The van der Waals surface area contributed by atoms with Gasteiger partial charge in [-0.2, -0.15) is 19.7 Å². The lowest BCUT2D eigenvalue weighted by molar-refractivity contribution is 0.248. The highest BCUT2D eigenvalue weighted by Gasteiger charge is 2.20.